The third-order valence-electron chi connectivity index (χ3n) is 17.6. The topological polar surface area (TPSA) is 231 Å². The number of aliphatic hydroxyl groups is 2. The minimum Gasteiger partial charge on any atom is -0.463 e. The minimum atomic E-state index is -4.95. The standard InChI is InChI=1S/C93H154O16P2/c1-4-7-10-13-16-19-22-25-28-31-34-36-37-38-39-40-41-42-43-44-45-46-47-48-49-51-54-55-58-61-64-67-70-73-76-79-91(96)103-82-88(94)83-105-110(99,100)106-84-89(95)85-107-111(101,102)108-87-90(109-93(98)81-78-75-72-69-66-63-60-57-52-33-30-27-24-21-18-15-12-9-6-3)86-104-92(97)80-77-74-71-68-65-62-59-56-53-50-35-32-29-26-23-20-17-14-11-8-5-2/h7-8,10-11,16-21,25-30,34-36,38-39,41-42,50,52,56-57,59,65,68,88-90,94-95H,4-6,9,12-15,22-24,31-33,37,40,43-49,51,53-55,58,60-64,66-67,69-87H2,1-3H3,(H,99,100)(H,101,102)/b10-7-,11-8-,19-16-,20-17-,21-18-,28-25-,29-26-,30-27-,36-34-,39-38-,42-41-,50-35-,57-52-,59-56-,68-65-. The molecular formula is C93H154O16P2. The fourth-order valence-electron chi connectivity index (χ4n) is 11.1. The predicted molar refractivity (Wildman–Crippen MR) is 463 cm³/mol. The summed E-state index contributed by atoms with van der Waals surface area (Å²) in [5.74, 6) is -1.64. The number of rotatable bonds is 80. The maximum absolute atomic E-state index is 13.0. The molecule has 0 rings (SSSR count). The maximum Gasteiger partial charge on any atom is 0.472 e. The molecule has 0 aromatic carbocycles. The maximum atomic E-state index is 13.0. The van der Waals surface area contributed by atoms with Crippen molar-refractivity contribution in [3.8, 4) is 0 Å². The second-order valence-corrected chi connectivity index (χ2v) is 31.1. The van der Waals surface area contributed by atoms with Gasteiger partial charge in [0, 0.05) is 19.3 Å². The smallest absolute Gasteiger partial charge is 0.463 e. The number of esters is 3. The molecule has 632 valence electrons. The summed E-state index contributed by atoms with van der Waals surface area (Å²) in [6, 6.07) is 0. The zero-order valence-electron chi connectivity index (χ0n) is 69.3. The van der Waals surface area contributed by atoms with Crippen molar-refractivity contribution in [2.75, 3.05) is 39.6 Å². The predicted octanol–water partition coefficient (Wildman–Crippen LogP) is 26.1. The van der Waals surface area contributed by atoms with Crippen molar-refractivity contribution in [1.29, 1.82) is 0 Å². The normalized spacial score (nSPS) is 14.8. The van der Waals surface area contributed by atoms with Gasteiger partial charge in [-0.1, -0.05) is 331 Å². The van der Waals surface area contributed by atoms with E-state index in [0.29, 0.717) is 19.3 Å². The molecule has 0 fully saturated rings. The third kappa shape index (κ3) is 85.4. The molecule has 0 saturated carbocycles. The average Bonchev–Trinajstić information content (AvgIpc) is 0.901. The van der Waals surface area contributed by atoms with Gasteiger partial charge in [0.25, 0.3) is 0 Å². The fourth-order valence-corrected chi connectivity index (χ4v) is 12.7. The van der Waals surface area contributed by atoms with Crippen molar-refractivity contribution >= 4 is 33.6 Å². The Morgan fingerprint density at radius 2 is 0.477 bits per heavy atom. The molecule has 0 aromatic rings. The van der Waals surface area contributed by atoms with Gasteiger partial charge >= 0.3 is 33.6 Å². The van der Waals surface area contributed by atoms with E-state index >= 15 is 0 Å². The summed E-state index contributed by atoms with van der Waals surface area (Å²) in [7, 11) is -9.82. The lowest BCUT2D eigenvalue weighted by Gasteiger charge is -2.21. The number of hydrogen-bond donors (Lipinski definition) is 4. The minimum absolute atomic E-state index is 0.0745. The van der Waals surface area contributed by atoms with Gasteiger partial charge in [0.2, 0.25) is 0 Å². The summed E-state index contributed by atoms with van der Waals surface area (Å²) in [5, 5.41) is 20.7. The number of carbonyl (C=O) groups excluding carboxylic acids is 3. The largest absolute Gasteiger partial charge is 0.472 e. The molecule has 5 atom stereocenters. The molecule has 5 unspecified atom stereocenters. The fraction of sp³-hybridized carbons (Fsp3) is 0.645. The number of aliphatic hydroxyl groups excluding tert-OH is 2. The Balaban J connectivity index is 4.54. The van der Waals surface area contributed by atoms with E-state index < -0.39 is 91.5 Å². The highest BCUT2D eigenvalue weighted by molar-refractivity contribution is 7.47. The molecular weight excluding hydrogens is 1430 g/mol. The average molecular weight is 1590 g/mol. The highest BCUT2D eigenvalue weighted by Crippen LogP contribution is 2.45. The Morgan fingerprint density at radius 1 is 0.261 bits per heavy atom. The second kappa shape index (κ2) is 84.1. The first-order valence-electron chi connectivity index (χ1n) is 43.1. The molecule has 0 amide bonds. The van der Waals surface area contributed by atoms with Crippen LogP contribution in [0.25, 0.3) is 0 Å². The summed E-state index contributed by atoms with van der Waals surface area (Å²) in [5.41, 5.74) is 0. The number of phosphoric ester groups is 2. The van der Waals surface area contributed by atoms with Gasteiger partial charge in [-0.2, -0.15) is 0 Å². The van der Waals surface area contributed by atoms with Crippen LogP contribution in [-0.2, 0) is 55.8 Å². The summed E-state index contributed by atoms with van der Waals surface area (Å²) >= 11 is 0. The first-order chi connectivity index (χ1) is 54.2. The molecule has 0 aliphatic heterocycles. The highest BCUT2D eigenvalue weighted by atomic mass is 31.2. The second-order valence-electron chi connectivity index (χ2n) is 28.2. The summed E-state index contributed by atoms with van der Waals surface area (Å²) in [6.45, 7) is 2.37. The van der Waals surface area contributed by atoms with Crippen molar-refractivity contribution in [3.05, 3.63) is 182 Å². The van der Waals surface area contributed by atoms with Crippen LogP contribution in [0.4, 0.5) is 0 Å². The monoisotopic (exact) mass is 1590 g/mol. The molecule has 0 saturated heterocycles. The van der Waals surface area contributed by atoms with Gasteiger partial charge in [-0.25, -0.2) is 9.13 Å². The lowest BCUT2D eigenvalue weighted by atomic mass is 10.0. The molecule has 4 N–H and O–H groups in total. The number of ether oxygens (including phenoxy) is 3. The molecule has 0 spiro atoms. The summed E-state index contributed by atoms with van der Waals surface area (Å²) in [6.07, 6.45) is 109. The van der Waals surface area contributed by atoms with E-state index in [1.807, 2.05) is 0 Å². The van der Waals surface area contributed by atoms with Crippen LogP contribution >= 0.6 is 15.6 Å². The third-order valence-corrected chi connectivity index (χ3v) is 19.5. The molecule has 0 aliphatic carbocycles. The Hall–Kier alpha value is -5.35. The first-order valence-corrected chi connectivity index (χ1v) is 46.1. The van der Waals surface area contributed by atoms with Crippen LogP contribution in [-0.4, -0.2) is 95.9 Å². The number of unbranched alkanes of at least 4 members (excludes halogenated alkanes) is 27. The van der Waals surface area contributed by atoms with Crippen LogP contribution in [0, 0.1) is 0 Å². The van der Waals surface area contributed by atoms with E-state index in [2.05, 4.69) is 203 Å². The Labute approximate surface area is 675 Å². The molecule has 0 heterocycles. The molecule has 111 heavy (non-hydrogen) atoms. The van der Waals surface area contributed by atoms with Gasteiger partial charge in [0.1, 0.15) is 25.4 Å². The number of carbonyl (C=O) groups is 3. The van der Waals surface area contributed by atoms with Crippen LogP contribution in [0.15, 0.2) is 182 Å². The van der Waals surface area contributed by atoms with Gasteiger partial charge in [-0.15, -0.1) is 0 Å². The van der Waals surface area contributed by atoms with Crippen LogP contribution < -0.4 is 0 Å². The Kier molecular flexibility index (Phi) is 80.0. The van der Waals surface area contributed by atoms with Crippen molar-refractivity contribution in [2.24, 2.45) is 0 Å². The van der Waals surface area contributed by atoms with Gasteiger partial charge < -0.3 is 34.2 Å². The van der Waals surface area contributed by atoms with Crippen LogP contribution in [0.1, 0.15) is 329 Å². The number of hydrogen-bond acceptors (Lipinski definition) is 14. The molecule has 0 bridgehead atoms. The molecule has 18 heteroatoms. The lowest BCUT2D eigenvalue weighted by Crippen LogP contribution is -2.30. The van der Waals surface area contributed by atoms with E-state index in [4.69, 9.17) is 32.3 Å². The van der Waals surface area contributed by atoms with Gasteiger partial charge in [-0.3, -0.25) is 32.5 Å². The SMILES string of the molecule is CC/C=C\C/C=C\C/C=C\C/C=C\C/C=C\C/C=C\CCCCCCCCCCCCCCCCCCC(=O)OCC(O)COP(=O)(O)OCC(O)COP(=O)(O)OCC(COC(=O)CCCC/C=C\C/C=C\C/C=C\C/C=C\C/C=C\C/C=C\CC)OC(=O)CCCCCCCC/C=C\C/C=C\C/C=C\CCCCC. The van der Waals surface area contributed by atoms with Crippen molar-refractivity contribution in [1.82, 2.24) is 0 Å². The summed E-state index contributed by atoms with van der Waals surface area (Å²) in [4.78, 5) is 58.8. The van der Waals surface area contributed by atoms with E-state index in [0.717, 1.165) is 167 Å². The van der Waals surface area contributed by atoms with E-state index in [-0.39, 0.29) is 19.3 Å². The molecule has 16 nitrogen and oxygen atoms in total. The lowest BCUT2D eigenvalue weighted by molar-refractivity contribution is -0.161. The Morgan fingerprint density at radius 3 is 0.775 bits per heavy atom. The van der Waals surface area contributed by atoms with Crippen molar-refractivity contribution < 1.29 is 75.8 Å². The molecule has 0 radical (unpaired) electrons. The Bertz CT molecular complexity index is 2750. The first kappa shape index (κ1) is 106. The summed E-state index contributed by atoms with van der Waals surface area (Å²) < 4.78 is 61.2. The van der Waals surface area contributed by atoms with E-state index in [1.165, 1.54) is 103 Å². The van der Waals surface area contributed by atoms with Gasteiger partial charge in [0.05, 0.1) is 26.4 Å². The van der Waals surface area contributed by atoms with Gasteiger partial charge in [0.15, 0.2) is 6.10 Å². The van der Waals surface area contributed by atoms with E-state index in [1.54, 1.807) is 0 Å². The molecule has 0 aliphatic rings. The van der Waals surface area contributed by atoms with Crippen LogP contribution in [0.2, 0.25) is 0 Å². The number of phosphoric acid groups is 2. The van der Waals surface area contributed by atoms with Crippen LogP contribution in [0.5, 0.6) is 0 Å². The van der Waals surface area contributed by atoms with Crippen molar-refractivity contribution in [2.45, 2.75) is 347 Å². The zero-order chi connectivity index (χ0) is 80.8. The van der Waals surface area contributed by atoms with E-state index in [9.17, 15) is 43.5 Å². The number of allylic oxidation sites excluding steroid dienone is 30. The van der Waals surface area contributed by atoms with Gasteiger partial charge in [-0.05, 0) is 161 Å². The van der Waals surface area contributed by atoms with Crippen molar-refractivity contribution in [3.63, 3.8) is 0 Å². The van der Waals surface area contributed by atoms with Crippen LogP contribution in [0.3, 0.4) is 0 Å². The quantitative estimate of drug-likeness (QED) is 0.0146. The molecule has 0 aromatic heterocycles. The zero-order valence-corrected chi connectivity index (χ0v) is 71.1. The highest BCUT2D eigenvalue weighted by Gasteiger charge is 2.29.